The summed E-state index contributed by atoms with van der Waals surface area (Å²) in [5.74, 6) is 0.353. The number of methoxy groups -OCH3 is 1. The van der Waals surface area contributed by atoms with Crippen LogP contribution in [0.25, 0.3) is 5.65 Å². The number of carbonyl (C=O) groups is 1. The van der Waals surface area contributed by atoms with Crippen molar-refractivity contribution in [3.8, 4) is 6.07 Å². The van der Waals surface area contributed by atoms with Crippen molar-refractivity contribution in [1.82, 2.24) is 29.9 Å². The molecule has 3 aromatic rings. The number of hydrogen-bond donors (Lipinski definition) is 3. The molecule has 1 aliphatic carbocycles. The van der Waals surface area contributed by atoms with E-state index in [4.69, 9.17) is 9.47 Å². The average Bonchev–Trinajstić information content (AvgIpc) is 3.48. The lowest BCUT2D eigenvalue weighted by atomic mass is 10.0. The van der Waals surface area contributed by atoms with E-state index in [1.54, 1.807) is 23.8 Å². The Morgan fingerprint density at radius 1 is 1.45 bits per heavy atom. The van der Waals surface area contributed by atoms with Crippen LogP contribution in [0.15, 0.2) is 18.5 Å². The molecule has 3 aromatic heterocycles. The number of carbonyl (C=O) groups excluding carboxylic acids is 1. The fourth-order valence-electron chi connectivity index (χ4n) is 3.90. The predicted octanol–water partition coefficient (Wildman–Crippen LogP) is 2.93. The summed E-state index contributed by atoms with van der Waals surface area (Å²) in [6.45, 7) is 3.91. The van der Waals surface area contributed by atoms with Crippen LogP contribution in [0.4, 0.5) is 21.0 Å². The van der Waals surface area contributed by atoms with E-state index in [0.717, 1.165) is 0 Å². The highest BCUT2D eigenvalue weighted by molar-refractivity contribution is 5.67. The van der Waals surface area contributed by atoms with Gasteiger partial charge in [-0.15, -0.1) is 0 Å². The maximum absolute atomic E-state index is 15.0. The normalized spacial score (nSPS) is 20.2. The highest BCUT2D eigenvalue weighted by Crippen LogP contribution is 2.38. The van der Waals surface area contributed by atoms with Crippen LogP contribution in [0.1, 0.15) is 49.6 Å². The lowest BCUT2D eigenvalue weighted by Crippen LogP contribution is -2.36. The van der Waals surface area contributed by atoms with Crippen LogP contribution in [0.5, 0.6) is 0 Å². The van der Waals surface area contributed by atoms with Gasteiger partial charge >= 0.3 is 6.09 Å². The smallest absolute Gasteiger partial charge is 0.407 e. The molecule has 11 nitrogen and oxygen atoms in total. The molecule has 0 bridgehead atoms. The topological polar surface area (TPSA) is 142 Å². The number of halogens is 1. The van der Waals surface area contributed by atoms with Gasteiger partial charge in [-0.2, -0.15) is 10.4 Å². The molecular formula is C21H25FN8O3. The fraction of sp³-hybridized carbons (Fsp3) is 0.476. The summed E-state index contributed by atoms with van der Waals surface area (Å²) in [5.41, 5.74) is 2.00. The van der Waals surface area contributed by atoms with Crippen LogP contribution in [-0.4, -0.2) is 56.1 Å². The standard InChI is InChI=1S/C21H25FN8O3/c1-11(2)25-21(31)33-16-5-4-14(18(16)22)15-6-17(29-28-15)27-20-24-8-12(7-23)19-26-13(10-32-3)9-30(19)20/h6,8-9,11,14,16,18H,4-5,10H2,1-3H3,(H,25,31)(H2,24,27,28,29)/t14-,16-,18-/m1/s1. The molecule has 0 aromatic carbocycles. The van der Waals surface area contributed by atoms with Gasteiger partial charge in [-0.05, 0) is 26.7 Å². The number of hydrogen-bond acceptors (Lipinski definition) is 8. The van der Waals surface area contributed by atoms with Crippen molar-refractivity contribution in [3.63, 3.8) is 0 Å². The largest absolute Gasteiger partial charge is 0.443 e. The SMILES string of the molecule is COCc1cn2c(Nc3cc([C@H]4CC[C@@H](OC(=O)NC(C)C)[C@@H]4F)[nH]n3)ncc(C#N)c2n1. The molecule has 3 N–H and O–H groups in total. The second kappa shape index (κ2) is 9.41. The molecule has 1 aliphatic rings. The Morgan fingerprint density at radius 3 is 3.00 bits per heavy atom. The molecular weight excluding hydrogens is 431 g/mol. The van der Waals surface area contributed by atoms with E-state index >= 15 is 0 Å². The highest BCUT2D eigenvalue weighted by Gasteiger charge is 2.40. The van der Waals surface area contributed by atoms with Gasteiger partial charge in [-0.1, -0.05) is 0 Å². The molecule has 0 spiro atoms. The van der Waals surface area contributed by atoms with Crippen molar-refractivity contribution in [1.29, 1.82) is 5.26 Å². The van der Waals surface area contributed by atoms with E-state index in [0.29, 0.717) is 47.2 Å². The summed E-state index contributed by atoms with van der Waals surface area (Å²) in [4.78, 5) is 20.5. The van der Waals surface area contributed by atoms with E-state index < -0.39 is 24.3 Å². The molecule has 0 saturated heterocycles. The molecule has 1 fully saturated rings. The highest BCUT2D eigenvalue weighted by atomic mass is 19.1. The molecule has 0 radical (unpaired) electrons. The van der Waals surface area contributed by atoms with Crippen molar-refractivity contribution in [2.75, 3.05) is 12.4 Å². The molecule has 174 valence electrons. The number of alkyl halides is 1. The average molecular weight is 456 g/mol. The summed E-state index contributed by atoms with van der Waals surface area (Å²) in [6.07, 6.45) is 1.32. The number of H-pyrrole nitrogens is 1. The summed E-state index contributed by atoms with van der Waals surface area (Å²) in [7, 11) is 1.56. The minimum absolute atomic E-state index is 0.0858. The van der Waals surface area contributed by atoms with Crippen molar-refractivity contribution >= 4 is 23.5 Å². The van der Waals surface area contributed by atoms with E-state index in [9.17, 15) is 14.4 Å². The number of aromatic nitrogens is 5. The fourth-order valence-corrected chi connectivity index (χ4v) is 3.90. The maximum atomic E-state index is 15.0. The Hall–Kier alpha value is -3.72. The second-order valence-electron chi connectivity index (χ2n) is 8.17. The Kier molecular flexibility index (Phi) is 6.41. The summed E-state index contributed by atoms with van der Waals surface area (Å²) < 4.78 is 27.0. The van der Waals surface area contributed by atoms with Crippen molar-refractivity contribution in [2.24, 2.45) is 0 Å². The van der Waals surface area contributed by atoms with Crippen molar-refractivity contribution in [2.45, 2.75) is 57.5 Å². The summed E-state index contributed by atoms with van der Waals surface area (Å²) >= 11 is 0. The quantitative estimate of drug-likeness (QED) is 0.493. The predicted molar refractivity (Wildman–Crippen MR) is 116 cm³/mol. The number of aromatic amines is 1. The number of nitriles is 1. The van der Waals surface area contributed by atoms with E-state index in [2.05, 4.69) is 36.9 Å². The first-order valence-electron chi connectivity index (χ1n) is 10.6. The third-order valence-corrected chi connectivity index (χ3v) is 5.36. The number of amides is 1. The minimum Gasteiger partial charge on any atom is -0.443 e. The Balaban J connectivity index is 1.49. The molecule has 1 amide bonds. The molecule has 4 rings (SSSR count). The number of imidazole rings is 1. The van der Waals surface area contributed by atoms with Gasteiger partial charge in [0.2, 0.25) is 5.95 Å². The van der Waals surface area contributed by atoms with Crippen LogP contribution in [0.3, 0.4) is 0 Å². The molecule has 3 atom stereocenters. The number of nitrogens with one attached hydrogen (secondary N) is 3. The van der Waals surface area contributed by atoms with Crippen molar-refractivity contribution < 1.29 is 18.7 Å². The van der Waals surface area contributed by atoms with Gasteiger partial charge < -0.3 is 20.1 Å². The third kappa shape index (κ3) is 4.73. The lowest BCUT2D eigenvalue weighted by molar-refractivity contribution is 0.0555. The van der Waals surface area contributed by atoms with Gasteiger partial charge in [0.15, 0.2) is 11.5 Å². The molecule has 3 heterocycles. The zero-order valence-electron chi connectivity index (χ0n) is 18.5. The maximum Gasteiger partial charge on any atom is 0.407 e. The lowest BCUT2D eigenvalue weighted by Gasteiger charge is -2.18. The van der Waals surface area contributed by atoms with Crippen LogP contribution in [0, 0.1) is 11.3 Å². The first-order valence-corrected chi connectivity index (χ1v) is 10.6. The van der Waals surface area contributed by atoms with E-state index in [1.807, 2.05) is 13.8 Å². The van der Waals surface area contributed by atoms with Gasteiger partial charge in [0.1, 0.15) is 23.9 Å². The van der Waals surface area contributed by atoms with Crippen LogP contribution >= 0.6 is 0 Å². The van der Waals surface area contributed by atoms with Gasteiger partial charge in [-0.3, -0.25) is 9.50 Å². The van der Waals surface area contributed by atoms with Crippen molar-refractivity contribution in [3.05, 3.63) is 35.4 Å². The Morgan fingerprint density at radius 2 is 2.27 bits per heavy atom. The van der Waals surface area contributed by atoms with Gasteiger partial charge in [0, 0.05) is 37.0 Å². The monoisotopic (exact) mass is 456 g/mol. The number of nitrogens with zero attached hydrogens (tertiary/aromatic N) is 5. The first kappa shape index (κ1) is 22.5. The van der Waals surface area contributed by atoms with Crippen LogP contribution in [-0.2, 0) is 16.1 Å². The van der Waals surface area contributed by atoms with Crippen LogP contribution in [0.2, 0.25) is 0 Å². The number of rotatable bonds is 7. The number of ether oxygens (including phenoxy) is 2. The third-order valence-electron chi connectivity index (χ3n) is 5.36. The Labute approximate surface area is 189 Å². The first-order chi connectivity index (χ1) is 15.9. The minimum atomic E-state index is -1.35. The van der Waals surface area contributed by atoms with Crippen LogP contribution < -0.4 is 10.6 Å². The molecule has 0 aliphatic heterocycles. The number of anilines is 2. The Bertz CT molecular complexity index is 1180. The van der Waals surface area contributed by atoms with E-state index in [-0.39, 0.29) is 12.6 Å². The number of fused-ring (bicyclic) bond motifs is 1. The summed E-state index contributed by atoms with van der Waals surface area (Å²) in [6, 6.07) is 3.69. The zero-order valence-corrected chi connectivity index (χ0v) is 18.5. The molecule has 33 heavy (non-hydrogen) atoms. The summed E-state index contributed by atoms with van der Waals surface area (Å²) in [5, 5.41) is 22.1. The second-order valence-corrected chi connectivity index (χ2v) is 8.17. The van der Waals surface area contributed by atoms with Gasteiger partial charge in [0.05, 0.1) is 18.5 Å². The molecule has 12 heteroatoms. The van der Waals surface area contributed by atoms with Gasteiger partial charge in [0.25, 0.3) is 0 Å². The van der Waals surface area contributed by atoms with Gasteiger partial charge in [-0.25, -0.2) is 19.2 Å². The molecule has 0 unspecified atom stereocenters. The number of alkyl carbamates (subject to hydrolysis) is 1. The molecule has 1 saturated carbocycles. The van der Waals surface area contributed by atoms with E-state index in [1.165, 1.54) is 6.20 Å². The zero-order chi connectivity index (χ0) is 23.5.